The van der Waals surface area contributed by atoms with E-state index >= 15 is 0 Å². The highest BCUT2D eigenvalue weighted by atomic mass is 16.1. The van der Waals surface area contributed by atoms with Crippen LogP contribution in [-0.2, 0) is 11.2 Å². The second-order valence-electron chi connectivity index (χ2n) is 4.04. The Morgan fingerprint density at radius 2 is 2.41 bits per heavy atom. The number of carbonyl (C=O) groups is 1. The molecule has 1 heterocycles. The van der Waals surface area contributed by atoms with E-state index in [9.17, 15) is 4.79 Å². The second kappa shape index (κ2) is 7.78. The number of amides is 1. The Morgan fingerprint density at radius 3 is 3.06 bits per heavy atom. The van der Waals surface area contributed by atoms with Crippen LogP contribution in [0.4, 0.5) is 0 Å². The van der Waals surface area contributed by atoms with E-state index in [2.05, 4.69) is 25.8 Å². The maximum atomic E-state index is 11.6. The van der Waals surface area contributed by atoms with Crippen LogP contribution in [-0.4, -0.2) is 40.7 Å². The minimum atomic E-state index is 0.0141. The second-order valence-corrected chi connectivity index (χ2v) is 4.04. The number of hydrogen-bond acceptors (Lipinski definition) is 4. The first-order chi connectivity index (χ1) is 8.24. The Labute approximate surface area is 102 Å². The molecule has 0 saturated heterocycles. The lowest BCUT2D eigenvalue weighted by Gasteiger charge is -2.11. The van der Waals surface area contributed by atoms with Crippen LogP contribution in [0.5, 0.6) is 0 Å². The van der Waals surface area contributed by atoms with Gasteiger partial charge in [0, 0.05) is 25.4 Å². The van der Waals surface area contributed by atoms with Crippen molar-refractivity contribution < 1.29 is 4.79 Å². The van der Waals surface area contributed by atoms with Crippen molar-refractivity contribution in [1.82, 2.24) is 25.8 Å². The van der Waals surface area contributed by atoms with Gasteiger partial charge in [0.25, 0.3) is 0 Å². The third-order valence-electron chi connectivity index (χ3n) is 2.50. The van der Waals surface area contributed by atoms with E-state index in [-0.39, 0.29) is 11.8 Å². The smallest absolute Gasteiger partial charge is 0.224 e. The van der Waals surface area contributed by atoms with Crippen LogP contribution < -0.4 is 10.6 Å². The molecule has 0 aliphatic rings. The lowest BCUT2D eigenvalue weighted by Crippen LogP contribution is -2.35. The number of carbonyl (C=O) groups excluding carboxylic acids is 1. The third-order valence-corrected chi connectivity index (χ3v) is 2.50. The van der Waals surface area contributed by atoms with E-state index in [1.54, 1.807) is 0 Å². The SMILES string of the molecule is CCNCC(C)C(=O)NCCCc1ncn[nH]1. The van der Waals surface area contributed by atoms with Gasteiger partial charge in [-0.2, -0.15) is 5.10 Å². The van der Waals surface area contributed by atoms with Gasteiger partial charge in [-0.1, -0.05) is 13.8 Å². The van der Waals surface area contributed by atoms with Crippen LogP contribution in [0.3, 0.4) is 0 Å². The number of aromatic nitrogens is 3. The molecule has 3 N–H and O–H groups in total. The predicted molar refractivity (Wildman–Crippen MR) is 65.4 cm³/mol. The Morgan fingerprint density at radius 1 is 1.59 bits per heavy atom. The predicted octanol–water partition coefficient (Wildman–Crippen LogP) is 0.0991. The molecule has 0 bridgehead atoms. The van der Waals surface area contributed by atoms with Crippen molar-refractivity contribution in [3.63, 3.8) is 0 Å². The van der Waals surface area contributed by atoms with Crippen LogP contribution >= 0.6 is 0 Å². The number of hydrogen-bond donors (Lipinski definition) is 3. The molecule has 1 rings (SSSR count). The number of nitrogens with one attached hydrogen (secondary N) is 3. The van der Waals surface area contributed by atoms with Gasteiger partial charge in [0.15, 0.2) is 0 Å². The van der Waals surface area contributed by atoms with E-state index in [1.807, 2.05) is 13.8 Å². The normalized spacial score (nSPS) is 12.4. The van der Waals surface area contributed by atoms with Crippen molar-refractivity contribution in [3.8, 4) is 0 Å². The molecule has 17 heavy (non-hydrogen) atoms. The maximum absolute atomic E-state index is 11.6. The monoisotopic (exact) mass is 239 g/mol. The number of rotatable bonds is 8. The van der Waals surface area contributed by atoms with E-state index in [0.717, 1.165) is 31.8 Å². The van der Waals surface area contributed by atoms with Gasteiger partial charge in [-0.15, -0.1) is 0 Å². The zero-order chi connectivity index (χ0) is 12.5. The molecule has 1 aromatic heterocycles. The molecule has 1 aromatic rings. The number of H-pyrrole nitrogens is 1. The highest BCUT2D eigenvalue weighted by Crippen LogP contribution is 1.95. The van der Waals surface area contributed by atoms with Crippen molar-refractivity contribution in [2.75, 3.05) is 19.6 Å². The minimum absolute atomic E-state index is 0.0141. The molecular weight excluding hydrogens is 218 g/mol. The van der Waals surface area contributed by atoms with Gasteiger partial charge in [-0.3, -0.25) is 9.89 Å². The molecule has 0 aliphatic heterocycles. The Kier molecular flexibility index (Phi) is 6.24. The zero-order valence-electron chi connectivity index (χ0n) is 10.5. The molecule has 0 radical (unpaired) electrons. The molecule has 6 nitrogen and oxygen atoms in total. The first-order valence-electron chi connectivity index (χ1n) is 6.06. The molecule has 6 heteroatoms. The molecular formula is C11H21N5O. The van der Waals surface area contributed by atoms with Gasteiger partial charge in [-0.25, -0.2) is 4.98 Å². The van der Waals surface area contributed by atoms with Gasteiger partial charge in [0.05, 0.1) is 0 Å². The third kappa shape index (κ3) is 5.44. The molecule has 1 amide bonds. The largest absolute Gasteiger partial charge is 0.356 e. The standard InChI is InChI=1S/C11H21N5O/c1-3-12-7-9(2)11(17)13-6-4-5-10-14-8-15-16-10/h8-9,12H,3-7H2,1-2H3,(H,13,17)(H,14,15,16). The van der Waals surface area contributed by atoms with Crippen LogP contribution in [0.25, 0.3) is 0 Å². The molecule has 1 atom stereocenters. The van der Waals surface area contributed by atoms with Crippen LogP contribution in [0.15, 0.2) is 6.33 Å². The number of nitrogens with zero attached hydrogens (tertiary/aromatic N) is 2. The summed E-state index contributed by atoms with van der Waals surface area (Å²) < 4.78 is 0. The molecule has 0 aliphatic carbocycles. The maximum Gasteiger partial charge on any atom is 0.224 e. The van der Waals surface area contributed by atoms with E-state index in [0.29, 0.717) is 6.54 Å². The minimum Gasteiger partial charge on any atom is -0.356 e. The topological polar surface area (TPSA) is 82.7 Å². The lowest BCUT2D eigenvalue weighted by molar-refractivity contribution is -0.124. The van der Waals surface area contributed by atoms with Gasteiger partial charge < -0.3 is 10.6 Å². The summed E-state index contributed by atoms with van der Waals surface area (Å²) in [5, 5.41) is 12.6. The first kappa shape index (κ1) is 13.6. The van der Waals surface area contributed by atoms with E-state index < -0.39 is 0 Å². The summed E-state index contributed by atoms with van der Waals surface area (Å²) >= 11 is 0. The average molecular weight is 239 g/mol. The van der Waals surface area contributed by atoms with Gasteiger partial charge in [0.2, 0.25) is 5.91 Å². The number of aryl methyl sites for hydroxylation is 1. The number of aromatic amines is 1. The van der Waals surface area contributed by atoms with Gasteiger partial charge in [-0.05, 0) is 13.0 Å². The molecule has 0 spiro atoms. The fourth-order valence-corrected chi connectivity index (χ4v) is 1.45. The summed E-state index contributed by atoms with van der Waals surface area (Å²) in [4.78, 5) is 15.6. The van der Waals surface area contributed by atoms with Gasteiger partial charge >= 0.3 is 0 Å². The molecule has 0 saturated carbocycles. The first-order valence-corrected chi connectivity index (χ1v) is 6.06. The van der Waals surface area contributed by atoms with Crippen LogP contribution in [0.2, 0.25) is 0 Å². The van der Waals surface area contributed by atoms with E-state index in [4.69, 9.17) is 0 Å². The summed E-state index contributed by atoms with van der Waals surface area (Å²) in [6.07, 6.45) is 3.17. The summed E-state index contributed by atoms with van der Waals surface area (Å²) in [7, 11) is 0. The van der Waals surface area contributed by atoms with E-state index in [1.165, 1.54) is 6.33 Å². The Bertz CT molecular complexity index is 312. The summed E-state index contributed by atoms with van der Waals surface area (Å²) in [5.74, 6) is 0.976. The van der Waals surface area contributed by atoms with Crippen LogP contribution in [0.1, 0.15) is 26.1 Å². The molecule has 0 fully saturated rings. The summed E-state index contributed by atoms with van der Waals surface area (Å²) in [6.45, 7) is 6.25. The summed E-state index contributed by atoms with van der Waals surface area (Å²) in [5.41, 5.74) is 0. The quantitative estimate of drug-likeness (QED) is 0.562. The fraction of sp³-hybridized carbons (Fsp3) is 0.727. The van der Waals surface area contributed by atoms with Crippen molar-refractivity contribution in [2.45, 2.75) is 26.7 Å². The van der Waals surface area contributed by atoms with Crippen LogP contribution in [0, 0.1) is 5.92 Å². The van der Waals surface area contributed by atoms with Crippen molar-refractivity contribution in [2.24, 2.45) is 5.92 Å². The van der Waals surface area contributed by atoms with Gasteiger partial charge in [0.1, 0.15) is 12.2 Å². The fourth-order valence-electron chi connectivity index (χ4n) is 1.45. The van der Waals surface area contributed by atoms with Crippen molar-refractivity contribution in [1.29, 1.82) is 0 Å². The Hall–Kier alpha value is -1.43. The molecule has 96 valence electrons. The zero-order valence-corrected chi connectivity index (χ0v) is 10.5. The molecule has 1 unspecified atom stereocenters. The van der Waals surface area contributed by atoms with Crippen molar-refractivity contribution in [3.05, 3.63) is 12.2 Å². The average Bonchev–Trinajstić information content (AvgIpc) is 2.84. The lowest BCUT2D eigenvalue weighted by atomic mass is 10.1. The van der Waals surface area contributed by atoms with Crippen molar-refractivity contribution >= 4 is 5.91 Å². The Balaban J connectivity index is 2.07. The highest BCUT2D eigenvalue weighted by Gasteiger charge is 2.10. The highest BCUT2D eigenvalue weighted by molar-refractivity contribution is 5.78. The summed E-state index contributed by atoms with van der Waals surface area (Å²) in [6, 6.07) is 0. The molecule has 0 aromatic carbocycles.